The monoisotopic (exact) mass is 376 g/mol. The molecular weight excluding hydrogens is 364 g/mol. The summed E-state index contributed by atoms with van der Waals surface area (Å²) in [5.41, 5.74) is 1.18. The summed E-state index contributed by atoms with van der Waals surface area (Å²) in [6.45, 7) is 0. The summed E-state index contributed by atoms with van der Waals surface area (Å²) in [5.74, 6) is -1.15. The molecule has 0 radical (unpaired) electrons. The summed E-state index contributed by atoms with van der Waals surface area (Å²) in [4.78, 5) is 24.9. The van der Waals surface area contributed by atoms with Crippen LogP contribution in [0, 0.1) is 5.92 Å². The average Bonchev–Trinajstić information content (AvgIpc) is 3.01. The molecule has 0 spiro atoms. The van der Waals surface area contributed by atoms with E-state index >= 15 is 0 Å². The molecule has 0 amide bonds. The third-order valence-corrected chi connectivity index (χ3v) is 5.81. The van der Waals surface area contributed by atoms with Crippen molar-refractivity contribution in [2.45, 2.75) is 24.4 Å². The number of ether oxygens (including phenoxy) is 1. The number of fused-ring (bicyclic) bond motifs is 3. The molecule has 3 nitrogen and oxygen atoms in total. The lowest BCUT2D eigenvalue weighted by Crippen LogP contribution is -2.54. The van der Waals surface area contributed by atoms with Crippen molar-refractivity contribution in [1.82, 2.24) is 0 Å². The van der Waals surface area contributed by atoms with Gasteiger partial charge in [-0.3, -0.25) is 9.59 Å². The van der Waals surface area contributed by atoms with Gasteiger partial charge in [-0.2, -0.15) is 11.3 Å². The zero-order valence-electron chi connectivity index (χ0n) is 11.6. The minimum absolute atomic E-state index is 0.00123. The zero-order valence-corrected chi connectivity index (χ0v) is 14.0. The molecule has 3 atom stereocenters. The van der Waals surface area contributed by atoms with Crippen molar-refractivity contribution in [2.75, 3.05) is 0 Å². The van der Waals surface area contributed by atoms with Crippen LogP contribution in [0.5, 0.6) is 0 Å². The first-order chi connectivity index (χ1) is 10.6. The summed E-state index contributed by atoms with van der Waals surface area (Å²) in [5, 5.41) is 3.93. The molecule has 2 bridgehead atoms. The Hall–Kier alpha value is -1.46. The van der Waals surface area contributed by atoms with Gasteiger partial charge in [-0.05, 0) is 34.5 Å². The summed E-state index contributed by atoms with van der Waals surface area (Å²) >= 11 is 5.02. The SMILES string of the molecule is O=C1C[C@]2(c3ccsc3)CC(c3cccc(Br)c3)[C@H]1C(=O)O2. The summed E-state index contributed by atoms with van der Waals surface area (Å²) in [6, 6.07) is 9.81. The minimum Gasteiger partial charge on any atom is -0.453 e. The van der Waals surface area contributed by atoms with E-state index < -0.39 is 11.5 Å². The molecule has 1 aromatic carbocycles. The number of halogens is 1. The van der Waals surface area contributed by atoms with E-state index in [2.05, 4.69) is 15.9 Å². The molecule has 2 aromatic rings. The normalized spacial score (nSPS) is 30.4. The predicted octanol–water partition coefficient (Wildman–Crippen LogP) is 4.03. The highest BCUT2D eigenvalue weighted by atomic mass is 79.9. The fourth-order valence-corrected chi connectivity index (χ4v) is 4.80. The van der Waals surface area contributed by atoms with Gasteiger partial charge in [-0.25, -0.2) is 0 Å². The molecule has 3 fully saturated rings. The fourth-order valence-electron chi connectivity index (χ4n) is 3.64. The quantitative estimate of drug-likeness (QED) is 0.587. The molecule has 3 aliphatic rings. The number of esters is 1. The average molecular weight is 377 g/mol. The van der Waals surface area contributed by atoms with Gasteiger partial charge in [0.05, 0.1) is 6.42 Å². The standard InChI is InChI=1S/C17H13BrO3S/c18-12-3-1-2-10(6-12)13-7-17(11-4-5-22-9-11)8-14(19)15(13)16(20)21-17/h1-6,9,13,15H,7-8H2/t13?,15-,17+/m1/s1. The van der Waals surface area contributed by atoms with E-state index in [0.29, 0.717) is 12.8 Å². The number of benzene rings is 1. The van der Waals surface area contributed by atoms with Gasteiger partial charge in [0.2, 0.25) is 0 Å². The Morgan fingerprint density at radius 1 is 1.27 bits per heavy atom. The highest BCUT2D eigenvalue weighted by molar-refractivity contribution is 9.10. The van der Waals surface area contributed by atoms with Crippen molar-refractivity contribution in [3.05, 3.63) is 56.7 Å². The number of ketones is 1. The third kappa shape index (κ3) is 2.07. The Kier molecular flexibility index (Phi) is 3.24. The van der Waals surface area contributed by atoms with Gasteiger partial charge < -0.3 is 4.74 Å². The molecule has 2 saturated heterocycles. The molecule has 5 heteroatoms. The van der Waals surface area contributed by atoms with E-state index in [0.717, 1.165) is 15.6 Å². The maximum absolute atomic E-state index is 12.5. The van der Waals surface area contributed by atoms with Crippen LogP contribution in [0.2, 0.25) is 0 Å². The molecule has 1 aliphatic carbocycles. The number of rotatable bonds is 2. The lowest BCUT2D eigenvalue weighted by atomic mass is 9.64. The van der Waals surface area contributed by atoms with Crippen LogP contribution in [0.25, 0.3) is 0 Å². The number of carbonyl (C=O) groups excluding carboxylic acids is 2. The van der Waals surface area contributed by atoms with Crippen LogP contribution in [0.15, 0.2) is 45.6 Å². The Labute approximate surface area is 140 Å². The van der Waals surface area contributed by atoms with Gasteiger partial charge in [0.15, 0.2) is 5.78 Å². The molecule has 0 N–H and O–H groups in total. The molecular formula is C17H13BrO3S. The molecule has 5 rings (SSSR count). The second kappa shape index (κ2) is 5.03. The Morgan fingerprint density at radius 2 is 2.14 bits per heavy atom. The minimum atomic E-state index is -0.782. The molecule has 1 aromatic heterocycles. The highest BCUT2D eigenvalue weighted by Crippen LogP contribution is 2.53. The van der Waals surface area contributed by atoms with Gasteiger partial charge in [-0.1, -0.05) is 28.1 Å². The zero-order chi connectivity index (χ0) is 15.3. The van der Waals surface area contributed by atoms with Crippen molar-refractivity contribution >= 4 is 39.0 Å². The van der Waals surface area contributed by atoms with Crippen molar-refractivity contribution in [3.63, 3.8) is 0 Å². The summed E-state index contributed by atoms with van der Waals surface area (Å²) < 4.78 is 6.66. The largest absolute Gasteiger partial charge is 0.453 e. The van der Waals surface area contributed by atoms with Crippen molar-refractivity contribution < 1.29 is 14.3 Å². The van der Waals surface area contributed by atoms with Crippen LogP contribution in [0.3, 0.4) is 0 Å². The number of hydrogen-bond acceptors (Lipinski definition) is 4. The molecule has 112 valence electrons. The fraction of sp³-hybridized carbons (Fsp3) is 0.294. The number of carbonyl (C=O) groups is 2. The van der Waals surface area contributed by atoms with E-state index in [1.807, 2.05) is 41.1 Å². The van der Waals surface area contributed by atoms with E-state index in [1.54, 1.807) is 11.3 Å². The maximum Gasteiger partial charge on any atom is 0.318 e. The van der Waals surface area contributed by atoms with Crippen molar-refractivity contribution in [1.29, 1.82) is 0 Å². The third-order valence-electron chi connectivity index (χ3n) is 4.63. The second-order valence-corrected chi connectivity index (χ2v) is 7.61. The lowest BCUT2D eigenvalue weighted by Gasteiger charge is -2.48. The number of thiophene rings is 1. The first-order valence-electron chi connectivity index (χ1n) is 7.13. The van der Waals surface area contributed by atoms with Crippen LogP contribution in [-0.4, -0.2) is 11.8 Å². The Balaban J connectivity index is 1.81. The van der Waals surface area contributed by atoms with Crippen LogP contribution >= 0.6 is 27.3 Å². The van der Waals surface area contributed by atoms with E-state index in [1.165, 1.54) is 0 Å². The van der Waals surface area contributed by atoms with Gasteiger partial charge in [-0.15, -0.1) is 0 Å². The lowest BCUT2D eigenvalue weighted by molar-refractivity contribution is -0.193. The maximum atomic E-state index is 12.5. The molecule has 1 saturated carbocycles. The van der Waals surface area contributed by atoms with Gasteiger partial charge in [0.1, 0.15) is 11.5 Å². The first-order valence-corrected chi connectivity index (χ1v) is 8.86. The summed E-state index contributed by atoms with van der Waals surface area (Å²) in [6.07, 6.45) is 0.965. The first kappa shape index (κ1) is 14.2. The molecule has 22 heavy (non-hydrogen) atoms. The van der Waals surface area contributed by atoms with Gasteiger partial charge in [0.25, 0.3) is 0 Å². The van der Waals surface area contributed by atoms with Gasteiger partial charge >= 0.3 is 5.97 Å². The Morgan fingerprint density at radius 3 is 2.82 bits per heavy atom. The van der Waals surface area contributed by atoms with E-state index in [9.17, 15) is 9.59 Å². The topological polar surface area (TPSA) is 43.4 Å². The van der Waals surface area contributed by atoms with Crippen molar-refractivity contribution in [3.8, 4) is 0 Å². The highest BCUT2D eigenvalue weighted by Gasteiger charge is 2.58. The van der Waals surface area contributed by atoms with Crippen LogP contribution in [0.1, 0.15) is 29.9 Å². The summed E-state index contributed by atoms with van der Waals surface area (Å²) in [7, 11) is 0. The smallest absolute Gasteiger partial charge is 0.318 e. The van der Waals surface area contributed by atoms with E-state index in [-0.39, 0.29) is 17.7 Å². The van der Waals surface area contributed by atoms with Crippen molar-refractivity contribution in [2.24, 2.45) is 5.92 Å². The molecule has 3 heterocycles. The number of Topliss-reactive ketones (excluding diaryl/α,β-unsaturated/α-hetero) is 1. The van der Waals surface area contributed by atoms with Crippen LogP contribution in [-0.2, 0) is 19.9 Å². The number of hydrogen-bond donors (Lipinski definition) is 0. The molecule has 1 unspecified atom stereocenters. The van der Waals surface area contributed by atoms with Gasteiger partial charge in [0, 0.05) is 22.4 Å². The van der Waals surface area contributed by atoms with Crippen LogP contribution in [0.4, 0.5) is 0 Å². The predicted molar refractivity (Wildman–Crippen MR) is 86.7 cm³/mol. The Bertz CT molecular complexity index is 735. The van der Waals surface area contributed by atoms with E-state index in [4.69, 9.17) is 4.74 Å². The molecule has 2 aliphatic heterocycles. The second-order valence-electron chi connectivity index (χ2n) is 5.91. The van der Waals surface area contributed by atoms with Crippen LogP contribution < -0.4 is 0 Å².